The van der Waals surface area contributed by atoms with Crippen LogP contribution in [0.4, 0.5) is 15.8 Å². The van der Waals surface area contributed by atoms with Gasteiger partial charge >= 0.3 is 0 Å². The summed E-state index contributed by atoms with van der Waals surface area (Å²) in [4.78, 5) is 13.6. The van der Waals surface area contributed by atoms with Gasteiger partial charge in [0.15, 0.2) is 0 Å². The predicted octanol–water partition coefficient (Wildman–Crippen LogP) is 5.47. The number of ether oxygens (including phenoxy) is 1. The molecule has 1 saturated heterocycles. The molecule has 38 heavy (non-hydrogen) atoms. The lowest BCUT2D eigenvalue weighted by Gasteiger charge is -2.49. The predicted molar refractivity (Wildman–Crippen MR) is 148 cm³/mol. The quantitative estimate of drug-likeness (QED) is 0.436. The van der Waals surface area contributed by atoms with E-state index in [2.05, 4.69) is 32.9 Å². The lowest BCUT2D eigenvalue weighted by Crippen LogP contribution is -2.52. The van der Waals surface area contributed by atoms with Crippen LogP contribution < -0.4 is 15.4 Å². The van der Waals surface area contributed by atoms with Crippen molar-refractivity contribution in [3.63, 3.8) is 0 Å². The van der Waals surface area contributed by atoms with Crippen LogP contribution in [0.1, 0.15) is 56.9 Å². The highest BCUT2D eigenvalue weighted by atomic mass is 19.1. The maximum Gasteiger partial charge on any atom is 0.213 e. The molecule has 2 aromatic heterocycles. The van der Waals surface area contributed by atoms with Crippen LogP contribution in [0.5, 0.6) is 5.88 Å². The molecule has 4 heterocycles. The number of anilines is 2. The maximum absolute atomic E-state index is 15.6. The molecule has 1 saturated carbocycles. The number of aromatic nitrogens is 2. The molecule has 2 aliphatic heterocycles. The van der Waals surface area contributed by atoms with Gasteiger partial charge in [-0.1, -0.05) is 0 Å². The highest BCUT2D eigenvalue weighted by Gasteiger charge is 2.44. The molecule has 1 aromatic carbocycles. The number of benzene rings is 1. The van der Waals surface area contributed by atoms with Crippen LogP contribution in [0.15, 0.2) is 30.6 Å². The molecule has 3 aromatic rings. The summed E-state index contributed by atoms with van der Waals surface area (Å²) in [6, 6.07) is 7.68. The molecule has 1 unspecified atom stereocenters. The number of hydrogen-bond donors (Lipinski definition) is 1. The molecule has 2 fully saturated rings. The van der Waals surface area contributed by atoms with E-state index in [1.807, 2.05) is 12.1 Å². The van der Waals surface area contributed by atoms with Crippen LogP contribution in [-0.4, -0.2) is 53.2 Å². The second-order valence-electron chi connectivity index (χ2n) is 11.1. The van der Waals surface area contributed by atoms with Crippen molar-refractivity contribution in [2.24, 2.45) is 0 Å². The van der Waals surface area contributed by atoms with E-state index < -0.39 is 0 Å². The zero-order valence-electron chi connectivity index (χ0n) is 22.0. The van der Waals surface area contributed by atoms with Gasteiger partial charge < -0.3 is 15.4 Å². The number of nitrogens with zero attached hydrogens (tertiary/aromatic N) is 5. The summed E-state index contributed by atoms with van der Waals surface area (Å²) in [5.41, 5.74) is 11.1. The Balaban J connectivity index is 1.23. The summed E-state index contributed by atoms with van der Waals surface area (Å²) in [6.45, 7) is 2.35. The minimum absolute atomic E-state index is 0.0215. The lowest BCUT2D eigenvalue weighted by atomic mass is 9.72. The molecule has 198 valence electrons. The van der Waals surface area contributed by atoms with Crippen molar-refractivity contribution in [1.29, 1.82) is 5.26 Å². The van der Waals surface area contributed by atoms with Gasteiger partial charge in [-0.15, -0.1) is 0 Å². The molecule has 0 bridgehead atoms. The minimum Gasteiger partial charge on any atom is -0.478 e. The van der Waals surface area contributed by atoms with Crippen molar-refractivity contribution < 1.29 is 9.13 Å². The Labute approximate surface area is 223 Å². The first-order chi connectivity index (χ1) is 18.5. The number of nitrogens with two attached hydrogens (primary N) is 1. The molecule has 7 nitrogen and oxygen atoms in total. The minimum atomic E-state index is -0.285. The monoisotopic (exact) mass is 514 g/mol. The topological polar surface area (TPSA) is 91.3 Å². The van der Waals surface area contributed by atoms with E-state index in [0.29, 0.717) is 29.3 Å². The van der Waals surface area contributed by atoms with E-state index in [4.69, 9.17) is 10.5 Å². The zero-order valence-corrected chi connectivity index (χ0v) is 22.0. The molecular weight excluding hydrogens is 479 g/mol. The normalized spacial score (nSPS) is 20.7. The molecule has 2 N–H and O–H groups in total. The molecule has 1 aliphatic carbocycles. The lowest BCUT2D eigenvalue weighted by molar-refractivity contribution is 0.168. The number of hydrogen-bond acceptors (Lipinski definition) is 7. The van der Waals surface area contributed by atoms with E-state index in [0.717, 1.165) is 86.7 Å². The van der Waals surface area contributed by atoms with Crippen molar-refractivity contribution in [2.75, 3.05) is 37.4 Å². The number of piperidine rings is 1. The maximum atomic E-state index is 15.6. The third-order valence-electron chi connectivity index (χ3n) is 9.01. The number of nitrogen functional groups attached to an aromatic ring is 1. The van der Waals surface area contributed by atoms with Gasteiger partial charge in [0.1, 0.15) is 5.82 Å². The second kappa shape index (κ2) is 10.0. The molecule has 6 rings (SSSR count). The second-order valence-corrected chi connectivity index (χ2v) is 11.1. The zero-order chi connectivity index (χ0) is 26.3. The Hall–Kier alpha value is -3.44. The van der Waals surface area contributed by atoms with Crippen LogP contribution in [0.2, 0.25) is 0 Å². The van der Waals surface area contributed by atoms with E-state index >= 15 is 4.39 Å². The number of nitriles is 1. The fourth-order valence-corrected chi connectivity index (χ4v) is 6.72. The van der Waals surface area contributed by atoms with E-state index in [9.17, 15) is 5.26 Å². The first kappa shape index (κ1) is 24.9. The van der Waals surface area contributed by atoms with Gasteiger partial charge in [0, 0.05) is 54.0 Å². The Kier molecular flexibility index (Phi) is 6.56. The van der Waals surface area contributed by atoms with Crippen molar-refractivity contribution in [3.05, 3.63) is 42.0 Å². The molecule has 0 amide bonds. The van der Waals surface area contributed by atoms with Gasteiger partial charge in [-0.25, -0.2) is 9.37 Å². The van der Waals surface area contributed by atoms with Crippen molar-refractivity contribution in [2.45, 2.75) is 69.4 Å². The molecule has 0 radical (unpaired) electrons. The van der Waals surface area contributed by atoms with Gasteiger partial charge in [-0.2, -0.15) is 5.26 Å². The van der Waals surface area contributed by atoms with Gasteiger partial charge in [0.05, 0.1) is 41.8 Å². The summed E-state index contributed by atoms with van der Waals surface area (Å²) in [5, 5.41) is 10.3. The summed E-state index contributed by atoms with van der Waals surface area (Å²) >= 11 is 0. The summed E-state index contributed by atoms with van der Waals surface area (Å²) in [7, 11) is 2.13. The molecular formula is C30H35FN6O. The van der Waals surface area contributed by atoms with Crippen LogP contribution >= 0.6 is 0 Å². The average molecular weight is 515 g/mol. The Morgan fingerprint density at radius 3 is 2.79 bits per heavy atom. The Morgan fingerprint density at radius 2 is 2.05 bits per heavy atom. The van der Waals surface area contributed by atoms with Crippen molar-refractivity contribution >= 4 is 22.3 Å². The summed E-state index contributed by atoms with van der Waals surface area (Å²) in [5.74, 6) is 0.239. The average Bonchev–Trinajstić information content (AvgIpc) is 3.05. The largest absolute Gasteiger partial charge is 0.478 e. The van der Waals surface area contributed by atoms with E-state index in [1.54, 1.807) is 12.4 Å². The van der Waals surface area contributed by atoms with E-state index in [-0.39, 0.29) is 17.4 Å². The Bertz CT molecular complexity index is 1380. The third kappa shape index (κ3) is 4.23. The molecule has 1 atom stereocenters. The van der Waals surface area contributed by atoms with Gasteiger partial charge in [-0.3, -0.25) is 9.88 Å². The van der Waals surface area contributed by atoms with Crippen LogP contribution in [0.3, 0.4) is 0 Å². The Morgan fingerprint density at radius 1 is 1.18 bits per heavy atom. The number of likely N-dealkylation sites (tertiary alicyclic amines) is 1. The highest BCUT2D eigenvalue weighted by molar-refractivity contribution is 6.03. The van der Waals surface area contributed by atoms with Gasteiger partial charge in [-0.05, 0) is 76.0 Å². The first-order valence-corrected chi connectivity index (χ1v) is 13.9. The molecule has 8 heteroatoms. The number of rotatable bonds is 6. The number of aryl methyl sites for hydroxylation is 1. The van der Waals surface area contributed by atoms with Gasteiger partial charge in [0.2, 0.25) is 5.88 Å². The standard InChI is InChI=1S/C30H35FN6O/c1-36-29-24(33)19-34-25-16-23(31)27(22(28(25)29)9-12-30(36)10-4-11-30)20-7-8-26(35-18-20)38-15-5-14-37-13-3-2-6-21(37)17-32/h7-8,16,18-19,21H,2-6,9-15,33H2,1H3. The summed E-state index contributed by atoms with van der Waals surface area (Å²) in [6.07, 6.45) is 12.6. The van der Waals surface area contributed by atoms with E-state index in [1.165, 1.54) is 12.5 Å². The SMILES string of the molecule is CN1c2c(N)cnc3cc(F)c(-c4ccc(OCCCN5CCCCC5C#N)nc4)c(c23)CCC12CCC2. The van der Waals surface area contributed by atoms with Crippen LogP contribution in [-0.2, 0) is 6.42 Å². The number of halogens is 1. The summed E-state index contributed by atoms with van der Waals surface area (Å²) < 4.78 is 21.5. The fraction of sp³-hybridized carbons (Fsp3) is 0.500. The van der Waals surface area contributed by atoms with Crippen molar-refractivity contribution in [3.8, 4) is 23.1 Å². The fourth-order valence-electron chi connectivity index (χ4n) is 6.72. The van der Waals surface area contributed by atoms with Crippen LogP contribution in [0, 0.1) is 17.1 Å². The van der Waals surface area contributed by atoms with Gasteiger partial charge in [0.25, 0.3) is 0 Å². The molecule has 1 spiro atoms. The highest BCUT2D eigenvalue weighted by Crippen LogP contribution is 2.51. The molecule has 3 aliphatic rings. The first-order valence-electron chi connectivity index (χ1n) is 13.9. The van der Waals surface area contributed by atoms with Crippen molar-refractivity contribution in [1.82, 2.24) is 14.9 Å². The van der Waals surface area contributed by atoms with Crippen LogP contribution in [0.25, 0.3) is 22.0 Å². The smallest absolute Gasteiger partial charge is 0.213 e. The number of pyridine rings is 2. The third-order valence-corrected chi connectivity index (χ3v) is 9.01.